The fourth-order valence-corrected chi connectivity index (χ4v) is 2.44. The molecular weight excluding hydrogens is 163 g/mol. The minimum absolute atomic E-state index is 0.646. The Balaban J connectivity index is 2.04. The first-order valence-corrected chi connectivity index (χ1v) is 5.19. The summed E-state index contributed by atoms with van der Waals surface area (Å²) in [5, 5.41) is 1.44. The Morgan fingerprint density at radius 2 is 1.58 bits per heavy atom. The summed E-state index contributed by atoms with van der Waals surface area (Å²) in [5.41, 5.74) is 0.646. The maximum Gasteiger partial charge on any atom is 0.0169 e. The van der Waals surface area contributed by atoms with Crippen LogP contribution in [0.2, 0.25) is 0 Å². The highest BCUT2D eigenvalue weighted by molar-refractivity contribution is 7.48. The molecule has 0 heterocycles. The van der Waals surface area contributed by atoms with Gasteiger partial charge in [-0.2, -0.15) is 0 Å². The third-order valence-corrected chi connectivity index (χ3v) is 3.24. The molecule has 1 aliphatic rings. The van der Waals surface area contributed by atoms with E-state index in [4.69, 9.17) is 0 Å². The van der Waals surface area contributed by atoms with Gasteiger partial charge in [-0.25, -0.2) is 0 Å². The zero-order valence-corrected chi connectivity index (χ0v) is 7.77. The maximum atomic E-state index is 2.26. The summed E-state index contributed by atoms with van der Waals surface area (Å²) < 4.78 is 0. The number of rotatable bonds is 2. The van der Waals surface area contributed by atoms with Crippen molar-refractivity contribution in [2.24, 2.45) is 0 Å². The summed E-state index contributed by atoms with van der Waals surface area (Å²) in [7, 11) is 0.885. The predicted molar refractivity (Wildman–Crippen MR) is 56.5 cm³/mol. The average Bonchev–Trinajstić information content (AvgIpc) is 2.59. The van der Waals surface area contributed by atoms with E-state index in [1.165, 1.54) is 5.30 Å². The third-order valence-electron chi connectivity index (χ3n) is 1.86. The van der Waals surface area contributed by atoms with E-state index in [1.54, 1.807) is 0 Å². The first-order valence-electron chi connectivity index (χ1n) is 4.12. The van der Waals surface area contributed by atoms with Crippen LogP contribution in [0, 0.1) is 0 Å². The van der Waals surface area contributed by atoms with Crippen LogP contribution in [0.5, 0.6) is 0 Å². The van der Waals surface area contributed by atoms with Crippen LogP contribution >= 0.6 is 8.58 Å². The smallest absolute Gasteiger partial charge is 0.0169 e. The Morgan fingerprint density at radius 3 is 2.25 bits per heavy atom. The normalized spacial score (nSPS) is 16.7. The standard InChI is InChI=1S/C11H11P/c1-2-6-10(7-3-1)12-11-8-4-5-9-11/h1-9,11-12H. The Hall–Kier alpha value is -0.870. The van der Waals surface area contributed by atoms with Gasteiger partial charge in [0, 0.05) is 5.66 Å². The quantitative estimate of drug-likeness (QED) is 0.604. The highest BCUT2D eigenvalue weighted by Gasteiger charge is 2.03. The molecule has 0 nitrogen and oxygen atoms in total. The molecule has 1 aromatic rings. The second-order valence-electron chi connectivity index (χ2n) is 2.81. The van der Waals surface area contributed by atoms with Crippen molar-refractivity contribution in [2.45, 2.75) is 5.66 Å². The van der Waals surface area contributed by atoms with Gasteiger partial charge in [-0.15, -0.1) is 0 Å². The van der Waals surface area contributed by atoms with Crippen molar-refractivity contribution < 1.29 is 0 Å². The van der Waals surface area contributed by atoms with E-state index in [1.807, 2.05) is 0 Å². The molecular formula is C11H11P. The average molecular weight is 174 g/mol. The van der Waals surface area contributed by atoms with E-state index in [0.717, 1.165) is 8.58 Å². The van der Waals surface area contributed by atoms with E-state index in [-0.39, 0.29) is 0 Å². The molecule has 0 amide bonds. The zero-order chi connectivity index (χ0) is 8.23. The van der Waals surface area contributed by atoms with Crippen LogP contribution in [-0.4, -0.2) is 5.66 Å². The van der Waals surface area contributed by atoms with Crippen LogP contribution in [-0.2, 0) is 0 Å². The highest BCUT2D eigenvalue weighted by Crippen LogP contribution is 2.23. The molecule has 1 aromatic carbocycles. The van der Waals surface area contributed by atoms with Crippen molar-refractivity contribution in [3.05, 3.63) is 54.6 Å². The summed E-state index contributed by atoms with van der Waals surface area (Å²) in [5.74, 6) is 0. The summed E-state index contributed by atoms with van der Waals surface area (Å²) in [6.45, 7) is 0. The van der Waals surface area contributed by atoms with Gasteiger partial charge in [-0.3, -0.25) is 0 Å². The second-order valence-corrected chi connectivity index (χ2v) is 4.34. The Bertz CT molecular complexity index is 286. The summed E-state index contributed by atoms with van der Waals surface area (Å²) >= 11 is 0. The Morgan fingerprint density at radius 1 is 0.917 bits per heavy atom. The van der Waals surface area contributed by atoms with Gasteiger partial charge >= 0.3 is 0 Å². The molecule has 0 fully saturated rings. The molecule has 12 heavy (non-hydrogen) atoms. The maximum absolute atomic E-state index is 2.26. The molecule has 1 aliphatic carbocycles. The van der Waals surface area contributed by atoms with Crippen molar-refractivity contribution in [2.75, 3.05) is 0 Å². The van der Waals surface area contributed by atoms with Crippen LogP contribution in [0.25, 0.3) is 0 Å². The molecule has 1 heteroatoms. The molecule has 1 unspecified atom stereocenters. The zero-order valence-electron chi connectivity index (χ0n) is 6.77. The fraction of sp³-hybridized carbons (Fsp3) is 0.0909. The molecule has 0 aromatic heterocycles. The predicted octanol–water partition coefficient (Wildman–Crippen LogP) is 2.49. The largest absolute Gasteiger partial charge is 0.0794 e. The minimum atomic E-state index is 0.646. The van der Waals surface area contributed by atoms with Gasteiger partial charge in [0.05, 0.1) is 0 Å². The molecule has 0 bridgehead atoms. The molecule has 0 N–H and O–H groups in total. The minimum Gasteiger partial charge on any atom is -0.0794 e. The van der Waals surface area contributed by atoms with Crippen LogP contribution in [0.1, 0.15) is 0 Å². The van der Waals surface area contributed by atoms with E-state index < -0.39 is 0 Å². The van der Waals surface area contributed by atoms with Crippen LogP contribution < -0.4 is 5.30 Å². The van der Waals surface area contributed by atoms with Gasteiger partial charge in [0.25, 0.3) is 0 Å². The molecule has 60 valence electrons. The molecule has 0 radical (unpaired) electrons. The number of allylic oxidation sites excluding steroid dienone is 4. The van der Waals surface area contributed by atoms with E-state index in [9.17, 15) is 0 Å². The summed E-state index contributed by atoms with van der Waals surface area (Å²) in [4.78, 5) is 0. The van der Waals surface area contributed by atoms with Gasteiger partial charge < -0.3 is 0 Å². The van der Waals surface area contributed by atoms with Crippen LogP contribution in [0.3, 0.4) is 0 Å². The first-order chi connectivity index (χ1) is 5.95. The molecule has 0 saturated carbocycles. The summed E-state index contributed by atoms with van der Waals surface area (Å²) in [6.07, 6.45) is 8.76. The Labute approximate surface area is 74.8 Å². The number of hydrogen-bond acceptors (Lipinski definition) is 0. The highest BCUT2D eigenvalue weighted by atomic mass is 31.1. The number of benzene rings is 1. The lowest BCUT2D eigenvalue weighted by Crippen LogP contribution is -1.98. The molecule has 0 saturated heterocycles. The fourth-order valence-electron chi connectivity index (χ4n) is 1.25. The molecule has 2 rings (SSSR count). The van der Waals surface area contributed by atoms with E-state index in [2.05, 4.69) is 54.6 Å². The molecule has 0 spiro atoms. The van der Waals surface area contributed by atoms with Crippen molar-refractivity contribution in [3.63, 3.8) is 0 Å². The van der Waals surface area contributed by atoms with Crippen molar-refractivity contribution in [3.8, 4) is 0 Å². The van der Waals surface area contributed by atoms with E-state index in [0.29, 0.717) is 5.66 Å². The van der Waals surface area contributed by atoms with Crippen molar-refractivity contribution in [1.82, 2.24) is 0 Å². The van der Waals surface area contributed by atoms with Gasteiger partial charge in [0.1, 0.15) is 0 Å². The molecule has 1 atom stereocenters. The van der Waals surface area contributed by atoms with Gasteiger partial charge in [0.15, 0.2) is 0 Å². The van der Waals surface area contributed by atoms with E-state index >= 15 is 0 Å². The lowest BCUT2D eigenvalue weighted by molar-refractivity contribution is 1.46. The lowest BCUT2D eigenvalue weighted by atomic mass is 10.4. The SMILES string of the molecule is C1=CC(Pc2ccccc2)C=C1. The van der Waals surface area contributed by atoms with Crippen molar-refractivity contribution in [1.29, 1.82) is 0 Å². The van der Waals surface area contributed by atoms with Crippen LogP contribution in [0.4, 0.5) is 0 Å². The van der Waals surface area contributed by atoms with Crippen LogP contribution in [0.15, 0.2) is 54.6 Å². The Kier molecular flexibility index (Phi) is 2.39. The van der Waals surface area contributed by atoms with Crippen molar-refractivity contribution >= 4 is 13.9 Å². The summed E-state index contributed by atoms with van der Waals surface area (Å²) in [6, 6.07) is 10.7. The third kappa shape index (κ3) is 1.84. The molecule has 0 aliphatic heterocycles. The topological polar surface area (TPSA) is 0 Å². The van der Waals surface area contributed by atoms with Gasteiger partial charge in [0.2, 0.25) is 0 Å². The van der Waals surface area contributed by atoms with Gasteiger partial charge in [-0.1, -0.05) is 63.2 Å². The second kappa shape index (κ2) is 3.69. The first kappa shape index (κ1) is 7.76. The lowest BCUT2D eigenvalue weighted by Gasteiger charge is -2.04. The number of hydrogen-bond donors (Lipinski definition) is 0. The monoisotopic (exact) mass is 174 g/mol. The van der Waals surface area contributed by atoms with Gasteiger partial charge in [-0.05, 0) is 5.30 Å².